The lowest BCUT2D eigenvalue weighted by Gasteiger charge is -2.35. The molecule has 0 aliphatic carbocycles. The third-order valence-electron chi connectivity index (χ3n) is 2.92. The van der Waals surface area contributed by atoms with Crippen LogP contribution in [0.1, 0.15) is 19.8 Å². The fourth-order valence-corrected chi connectivity index (χ4v) is 2.04. The zero-order valence-corrected chi connectivity index (χ0v) is 7.71. The van der Waals surface area contributed by atoms with Crippen molar-refractivity contribution in [2.75, 3.05) is 26.7 Å². The average molecular weight is 156 g/mol. The predicted molar refractivity (Wildman–Crippen MR) is 48.4 cm³/mol. The largest absolute Gasteiger partial charge is 0.330 e. The Hall–Kier alpha value is -0.0800. The molecule has 1 aliphatic heterocycles. The first kappa shape index (κ1) is 9.01. The Morgan fingerprint density at radius 3 is 2.73 bits per heavy atom. The van der Waals surface area contributed by atoms with Gasteiger partial charge in [0.05, 0.1) is 0 Å². The molecule has 0 aromatic carbocycles. The maximum atomic E-state index is 5.70. The van der Waals surface area contributed by atoms with Gasteiger partial charge in [-0.05, 0) is 38.4 Å². The molecule has 0 aromatic heterocycles. The molecule has 1 heterocycles. The summed E-state index contributed by atoms with van der Waals surface area (Å²) < 4.78 is 0. The highest BCUT2D eigenvalue weighted by Gasteiger charge is 2.24. The van der Waals surface area contributed by atoms with Gasteiger partial charge in [0.1, 0.15) is 0 Å². The van der Waals surface area contributed by atoms with E-state index in [1.54, 1.807) is 0 Å². The van der Waals surface area contributed by atoms with Crippen molar-refractivity contribution in [1.82, 2.24) is 4.90 Å². The van der Waals surface area contributed by atoms with Gasteiger partial charge in [-0.25, -0.2) is 0 Å². The van der Waals surface area contributed by atoms with Crippen LogP contribution in [-0.4, -0.2) is 31.6 Å². The van der Waals surface area contributed by atoms with Gasteiger partial charge in [-0.1, -0.05) is 13.3 Å². The number of piperidine rings is 1. The van der Waals surface area contributed by atoms with Crippen LogP contribution >= 0.6 is 0 Å². The first-order chi connectivity index (χ1) is 5.27. The van der Waals surface area contributed by atoms with Crippen LogP contribution in [0.15, 0.2) is 0 Å². The summed E-state index contributed by atoms with van der Waals surface area (Å²) in [6.07, 6.45) is 2.58. The van der Waals surface area contributed by atoms with Gasteiger partial charge in [-0.15, -0.1) is 0 Å². The maximum Gasteiger partial charge on any atom is 0.000964 e. The topological polar surface area (TPSA) is 29.3 Å². The van der Waals surface area contributed by atoms with E-state index in [0.717, 1.165) is 18.4 Å². The Labute approximate surface area is 69.8 Å². The van der Waals surface area contributed by atoms with Crippen LogP contribution in [0.3, 0.4) is 0 Å². The molecule has 0 aromatic rings. The number of hydrogen-bond acceptors (Lipinski definition) is 2. The van der Waals surface area contributed by atoms with Crippen LogP contribution < -0.4 is 5.73 Å². The molecule has 2 nitrogen and oxygen atoms in total. The van der Waals surface area contributed by atoms with Crippen LogP contribution in [0.2, 0.25) is 0 Å². The van der Waals surface area contributed by atoms with Gasteiger partial charge in [0.15, 0.2) is 0 Å². The molecule has 0 radical (unpaired) electrons. The highest BCUT2D eigenvalue weighted by atomic mass is 15.1. The van der Waals surface area contributed by atoms with Crippen LogP contribution in [0.25, 0.3) is 0 Å². The van der Waals surface area contributed by atoms with Gasteiger partial charge in [-0.2, -0.15) is 0 Å². The van der Waals surface area contributed by atoms with E-state index in [-0.39, 0.29) is 0 Å². The van der Waals surface area contributed by atoms with Crippen molar-refractivity contribution < 1.29 is 0 Å². The second kappa shape index (κ2) is 4.07. The minimum Gasteiger partial charge on any atom is -0.330 e. The lowest BCUT2D eigenvalue weighted by molar-refractivity contribution is 0.144. The molecule has 0 saturated carbocycles. The molecule has 1 aliphatic rings. The van der Waals surface area contributed by atoms with Crippen LogP contribution in [0, 0.1) is 11.8 Å². The summed E-state index contributed by atoms with van der Waals surface area (Å²) in [7, 11) is 2.20. The summed E-state index contributed by atoms with van der Waals surface area (Å²) in [4.78, 5) is 2.42. The highest BCUT2D eigenvalue weighted by molar-refractivity contribution is 4.78. The Balaban J connectivity index is 2.41. The fraction of sp³-hybridized carbons (Fsp3) is 1.00. The van der Waals surface area contributed by atoms with Gasteiger partial charge in [0.25, 0.3) is 0 Å². The lowest BCUT2D eigenvalue weighted by Crippen LogP contribution is -2.40. The van der Waals surface area contributed by atoms with Gasteiger partial charge in [0, 0.05) is 6.54 Å². The number of nitrogens with zero attached hydrogens (tertiary/aromatic N) is 1. The summed E-state index contributed by atoms with van der Waals surface area (Å²) in [5.41, 5.74) is 5.70. The smallest absolute Gasteiger partial charge is 0.000964 e. The maximum absolute atomic E-state index is 5.70. The number of nitrogens with two attached hydrogens (primary N) is 1. The van der Waals surface area contributed by atoms with E-state index >= 15 is 0 Å². The first-order valence-electron chi connectivity index (χ1n) is 4.66. The molecule has 1 saturated heterocycles. The van der Waals surface area contributed by atoms with Crippen molar-refractivity contribution in [3.8, 4) is 0 Å². The molecule has 1 fully saturated rings. The van der Waals surface area contributed by atoms with Crippen molar-refractivity contribution in [1.29, 1.82) is 0 Å². The Bertz CT molecular complexity index is 114. The second-order valence-corrected chi connectivity index (χ2v) is 3.72. The molecule has 2 N–H and O–H groups in total. The highest BCUT2D eigenvalue weighted by Crippen LogP contribution is 2.23. The monoisotopic (exact) mass is 156 g/mol. The summed E-state index contributed by atoms with van der Waals surface area (Å²) in [5, 5.41) is 0. The second-order valence-electron chi connectivity index (χ2n) is 3.72. The third-order valence-corrected chi connectivity index (χ3v) is 2.92. The van der Waals surface area contributed by atoms with E-state index in [9.17, 15) is 0 Å². The quantitative estimate of drug-likeness (QED) is 0.644. The van der Waals surface area contributed by atoms with Crippen molar-refractivity contribution in [2.45, 2.75) is 19.8 Å². The Morgan fingerprint density at radius 2 is 2.18 bits per heavy atom. The minimum absolute atomic E-state index is 0.788. The fourth-order valence-electron chi connectivity index (χ4n) is 2.04. The summed E-state index contributed by atoms with van der Waals surface area (Å²) in [6.45, 7) is 5.63. The van der Waals surface area contributed by atoms with Gasteiger partial charge in [0.2, 0.25) is 0 Å². The van der Waals surface area contributed by atoms with E-state index in [2.05, 4.69) is 18.9 Å². The van der Waals surface area contributed by atoms with Crippen molar-refractivity contribution in [3.05, 3.63) is 0 Å². The predicted octanol–water partition coefficient (Wildman–Crippen LogP) is 0.923. The molecule has 1 rings (SSSR count). The van der Waals surface area contributed by atoms with Crippen molar-refractivity contribution >= 4 is 0 Å². The summed E-state index contributed by atoms with van der Waals surface area (Å²) in [5.74, 6) is 1.63. The van der Waals surface area contributed by atoms with E-state index in [1.165, 1.54) is 25.9 Å². The summed E-state index contributed by atoms with van der Waals surface area (Å²) in [6, 6.07) is 0. The average Bonchev–Trinajstić information content (AvgIpc) is 2.04. The van der Waals surface area contributed by atoms with Crippen LogP contribution in [0.4, 0.5) is 0 Å². The number of likely N-dealkylation sites (tertiary alicyclic amines) is 1. The van der Waals surface area contributed by atoms with Crippen LogP contribution in [0.5, 0.6) is 0 Å². The van der Waals surface area contributed by atoms with Gasteiger partial charge < -0.3 is 10.6 Å². The van der Waals surface area contributed by atoms with Crippen LogP contribution in [-0.2, 0) is 0 Å². The van der Waals surface area contributed by atoms with E-state index in [4.69, 9.17) is 5.73 Å². The Morgan fingerprint density at radius 1 is 1.45 bits per heavy atom. The number of rotatable bonds is 2. The molecule has 11 heavy (non-hydrogen) atoms. The standard InChI is InChI=1S/C9H20N2/c1-3-8-7-11(2)5-4-9(8)6-10/h8-9H,3-7,10H2,1-2H3. The molecule has 0 spiro atoms. The normalized spacial score (nSPS) is 34.1. The zero-order valence-electron chi connectivity index (χ0n) is 7.71. The Kier molecular flexibility index (Phi) is 3.34. The van der Waals surface area contributed by atoms with Gasteiger partial charge in [-0.3, -0.25) is 0 Å². The van der Waals surface area contributed by atoms with Crippen molar-refractivity contribution in [2.24, 2.45) is 17.6 Å². The molecular formula is C9H20N2. The zero-order chi connectivity index (χ0) is 8.27. The first-order valence-corrected chi connectivity index (χ1v) is 4.66. The number of hydrogen-bond donors (Lipinski definition) is 1. The molecule has 0 amide bonds. The SMILES string of the molecule is CCC1CN(C)CCC1CN. The summed E-state index contributed by atoms with van der Waals surface area (Å²) >= 11 is 0. The van der Waals surface area contributed by atoms with E-state index < -0.39 is 0 Å². The molecule has 2 heteroatoms. The molecule has 66 valence electrons. The molecule has 0 bridgehead atoms. The molecule has 2 atom stereocenters. The molecule has 2 unspecified atom stereocenters. The third kappa shape index (κ3) is 2.17. The molecular weight excluding hydrogens is 136 g/mol. The van der Waals surface area contributed by atoms with E-state index in [0.29, 0.717) is 0 Å². The lowest BCUT2D eigenvalue weighted by atomic mass is 9.84. The van der Waals surface area contributed by atoms with E-state index in [1.807, 2.05) is 0 Å². The van der Waals surface area contributed by atoms with Crippen molar-refractivity contribution in [3.63, 3.8) is 0 Å². The van der Waals surface area contributed by atoms with Gasteiger partial charge >= 0.3 is 0 Å². The minimum atomic E-state index is 0.788.